The Kier molecular flexibility index (Phi) is 4.84. The predicted octanol–water partition coefficient (Wildman–Crippen LogP) is 2.60. The van der Waals surface area contributed by atoms with Gasteiger partial charge in [0, 0.05) is 6.54 Å². The van der Waals surface area contributed by atoms with Gasteiger partial charge >= 0.3 is 5.97 Å². The summed E-state index contributed by atoms with van der Waals surface area (Å²) in [6, 6.07) is 6.37. The third kappa shape index (κ3) is 3.53. The van der Waals surface area contributed by atoms with Crippen molar-refractivity contribution < 1.29 is 13.9 Å². The maximum absolute atomic E-state index is 13.1. The first-order valence-electron chi connectivity index (χ1n) is 6.00. The summed E-state index contributed by atoms with van der Waals surface area (Å²) in [5, 5.41) is 0. The van der Waals surface area contributed by atoms with Crippen molar-refractivity contribution in [3.8, 4) is 0 Å². The molecule has 0 radical (unpaired) electrons. The molecule has 0 spiro atoms. The maximum atomic E-state index is 13.1. The van der Waals surface area contributed by atoms with E-state index in [1.54, 1.807) is 26.8 Å². The molecule has 4 heteroatoms. The zero-order valence-corrected chi connectivity index (χ0v) is 11.4. The van der Waals surface area contributed by atoms with Gasteiger partial charge in [-0.3, -0.25) is 9.69 Å². The smallest absolute Gasteiger partial charge is 0.325 e. The van der Waals surface area contributed by atoms with Crippen molar-refractivity contribution >= 4 is 5.97 Å². The van der Waals surface area contributed by atoms with Crippen LogP contribution in [0.4, 0.5) is 4.39 Å². The Labute approximate surface area is 108 Å². The fraction of sp³-hybridized carbons (Fsp3) is 0.500. The van der Waals surface area contributed by atoms with Crippen LogP contribution in [-0.2, 0) is 16.1 Å². The zero-order chi connectivity index (χ0) is 13.8. The average molecular weight is 253 g/mol. The molecule has 0 heterocycles. The molecule has 0 fully saturated rings. The molecule has 0 aliphatic heterocycles. The Balaban J connectivity index is 2.75. The normalized spacial score (nSPS) is 11.7. The number of esters is 1. The molecule has 18 heavy (non-hydrogen) atoms. The van der Waals surface area contributed by atoms with Crippen molar-refractivity contribution in [2.75, 3.05) is 13.7 Å². The average Bonchev–Trinajstić information content (AvgIpc) is 2.29. The topological polar surface area (TPSA) is 29.5 Å². The molecule has 0 amide bonds. The lowest BCUT2D eigenvalue weighted by Gasteiger charge is -2.33. The van der Waals surface area contributed by atoms with Gasteiger partial charge in [0.25, 0.3) is 0 Å². The number of halogens is 1. The summed E-state index contributed by atoms with van der Waals surface area (Å²) in [6.07, 6.45) is 0. The van der Waals surface area contributed by atoms with Gasteiger partial charge in [-0.25, -0.2) is 4.39 Å². The third-order valence-corrected chi connectivity index (χ3v) is 3.04. The molecule has 3 nitrogen and oxygen atoms in total. The van der Waals surface area contributed by atoms with E-state index in [-0.39, 0.29) is 11.8 Å². The van der Waals surface area contributed by atoms with Crippen molar-refractivity contribution in [3.05, 3.63) is 35.6 Å². The lowest BCUT2D eigenvalue weighted by atomic mass is 10.0. The molecule has 100 valence electrons. The van der Waals surface area contributed by atoms with Gasteiger partial charge in [-0.1, -0.05) is 12.1 Å². The number of benzene rings is 1. The Bertz CT molecular complexity index is 418. The van der Waals surface area contributed by atoms with Crippen LogP contribution in [0.25, 0.3) is 0 Å². The second-order valence-corrected chi connectivity index (χ2v) is 4.77. The largest absolute Gasteiger partial charge is 0.465 e. The fourth-order valence-corrected chi connectivity index (χ4v) is 1.57. The molecule has 0 aliphatic rings. The first-order chi connectivity index (χ1) is 8.37. The summed E-state index contributed by atoms with van der Waals surface area (Å²) < 4.78 is 18.1. The number of rotatable bonds is 5. The highest BCUT2D eigenvalue weighted by Crippen LogP contribution is 2.18. The molecule has 0 saturated carbocycles. The Morgan fingerprint density at radius 3 is 2.67 bits per heavy atom. The molecule has 1 rings (SSSR count). The van der Waals surface area contributed by atoms with Crippen LogP contribution in [0.3, 0.4) is 0 Å². The number of hydrogen-bond donors (Lipinski definition) is 0. The second-order valence-electron chi connectivity index (χ2n) is 4.77. The molecule has 0 atom stereocenters. The highest BCUT2D eigenvalue weighted by molar-refractivity contribution is 5.79. The van der Waals surface area contributed by atoms with Gasteiger partial charge in [-0.05, 0) is 45.5 Å². The summed E-state index contributed by atoms with van der Waals surface area (Å²) in [7, 11) is 1.82. The maximum Gasteiger partial charge on any atom is 0.325 e. The lowest BCUT2D eigenvalue weighted by Crippen LogP contribution is -2.48. The number of carbonyl (C=O) groups is 1. The molecule has 0 bridgehead atoms. The first-order valence-corrected chi connectivity index (χ1v) is 6.00. The van der Waals surface area contributed by atoms with Gasteiger partial charge in [0.05, 0.1) is 6.61 Å². The van der Waals surface area contributed by atoms with Crippen molar-refractivity contribution in [2.45, 2.75) is 32.9 Å². The number of carbonyl (C=O) groups excluding carboxylic acids is 1. The van der Waals surface area contributed by atoms with Gasteiger partial charge in [-0.15, -0.1) is 0 Å². The molecule has 0 aliphatic carbocycles. The molecule has 1 aromatic carbocycles. The van der Waals surface area contributed by atoms with Crippen molar-refractivity contribution in [2.24, 2.45) is 0 Å². The van der Waals surface area contributed by atoms with Gasteiger partial charge in [0.2, 0.25) is 0 Å². The molecule has 1 aromatic rings. The fourth-order valence-electron chi connectivity index (χ4n) is 1.57. The Morgan fingerprint density at radius 2 is 2.11 bits per heavy atom. The Hall–Kier alpha value is -1.42. The van der Waals surface area contributed by atoms with Crippen LogP contribution in [0.5, 0.6) is 0 Å². The number of hydrogen-bond acceptors (Lipinski definition) is 3. The number of likely N-dealkylation sites (N-methyl/N-ethyl adjacent to an activating group) is 1. The van der Waals surface area contributed by atoms with Gasteiger partial charge in [-0.2, -0.15) is 0 Å². The van der Waals surface area contributed by atoms with Crippen LogP contribution < -0.4 is 0 Å². The minimum absolute atomic E-state index is 0.269. The molecular weight excluding hydrogens is 233 g/mol. The summed E-state index contributed by atoms with van der Waals surface area (Å²) in [5.74, 6) is -0.543. The highest BCUT2D eigenvalue weighted by Gasteiger charge is 2.33. The molecule has 0 aromatic heterocycles. The van der Waals surface area contributed by atoms with E-state index in [4.69, 9.17) is 4.74 Å². The Morgan fingerprint density at radius 1 is 1.44 bits per heavy atom. The number of ether oxygens (including phenoxy) is 1. The van der Waals surface area contributed by atoms with Crippen LogP contribution in [0.1, 0.15) is 26.3 Å². The van der Waals surface area contributed by atoms with E-state index in [1.165, 1.54) is 12.1 Å². The van der Waals surface area contributed by atoms with E-state index >= 15 is 0 Å². The summed E-state index contributed by atoms with van der Waals surface area (Å²) >= 11 is 0. The van der Waals surface area contributed by atoms with Gasteiger partial charge in [0.1, 0.15) is 11.4 Å². The standard InChI is InChI=1S/C14H20FNO2/c1-5-18-13(17)14(2,3)16(4)10-11-7-6-8-12(15)9-11/h6-9H,5,10H2,1-4H3. The minimum atomic E-state index is -0.734. The van der Waals surface area contributed by atoms with Crippen LogP contribution in [0.15, 0.2) is 24.3 Å². The van der Waals surface area contributed by atoms with E-state index in [9.17, 15) is 9.18 Å². The minimum Gasteiger partial charge on any atom is -0.465 e. The van der Waals surface area contributed by atoms with Crippen molar-refractivity contribution in [1.29, 1.82) is 0 Å². The van der Waals surface area contributed by atoms with Gasteiger partial charge < -0.3 is 4.74 Å². The monoisotopic (exact) mass is 253 g/mol. The van der Waals surface area contributed by atoms with E-state index in [2.05, 4.69) is 0 Å². The van der Waals surface area contributed by atoms with Crippen molar-refractivity contribution in [1.82, 2.24) is 4.90 Å². The zero-order valence-electron chi connectivity index (χ0n) is 11.4. The molecular formula is C14H20FNO2. The summed E-state index contributed by atoms with van der Waals surface area (Å²) in [6.45, 7) is 6.22. The molecule has 0 saturated heterocycles. The quantitative estimate of drug-likeness (QED) is 0.755. The third-order valence-electron chi connectivity index (χ3n) is 3.04. The van der Waals surface area contributed by atoms with Crippen LogP contribution >= 0.6 is 0 Å². The van der Waals surface area contributed by atoms with Crippen LogP contribution in [0, 0.1) is 5.82 Å². The van der Waals surface area contributed by atoms with E-state index in [0.717, 1.165) is 5.56 Å². The van der Waals surface area contributed by atoms with E-state index < -0.39 is 5.54 Å². The summed E-state index contributed by atoms with van der Waals surface area (Å²) in [5.41, 5.74) is 0.0948. The second kappa shape index (κ2) is 5.96. The molecule has 0 unspecified atom stereocenters. The summed E-state index contributed by atoms with van der Waals surface area (Å²) in [4.78, 5) is 13.7. The predicted molar refractivity (Wildman–Crippen MR) is 68.6 cm³/mol. The van der Waals surface area contributed by atoms with E-state index in [0.29, 0.717) is 13.2 Å². The highest BCUT2D eigenvalue weighted by atomic mass is 19.1. The van der Waals surface area contributed by atoms with Crippen molar-refractivity contribution in [3.63, 3.8) is 0 Å². The van der Waals surface area contributed by atoms with Crippen LogP contribution in [-0.4, -0.2) is 30.1 Å². The SMILES string of the molecule is CCOC(=O)C(C)(C)N(C)Cc1cccc(F)c1. The van der Waals surface area contributed by atoms with Gasteiger partial charge in [0.15, 0.2) is 0 Å². The van der Waals surface area contributed by atoms with E-state index in [1.807, 2.05) is 18.0 Å². The lowest BCUT2D eigenvalue weighted by molar-refractivity contribution is -0.155. The molecule has 0 N–H and O–H groups in total. The number of nitrogens with zero attached hydrogens (tertiary/aromatic N) is 1. The first kappa shape index (κ1) is 14.6. The van der Waals surface area contributed by atoms with Crippen LogP contribution in [0.2, 0.25) is 0 Å².